The molecule has 0 heterocycles. The van der Waals surface area contributed by atoms with Gasteiger partial charge in [-0.1, -0.05) is 48.5 Å². The van der Waals surface area contributed by atoms with E-state index in [0.717, 1.165) is 17.5 Å². The normalized spacial score (nSPS) is 10.4. The number of ketones is 1. The van der Waals surface area contributed by atoms with Gasteiger partial charge < -0.3 is 10.8 Å². The Kier molecular flexibility index (Phi) is 5.44. The molecule has 0 aliphatic heterocycles. The predicted molar refractivity (Wildman–Crippen MR) is 85.8 cm³/mol. The van der Waals surface area contributed by atoms with Crippen molar-refractivity contribution in [1.29, 1.82) is 0 Å². The standard InChI is InChI=1S/C18H19NO3/c19-12-11-13-1-3-14(4-2-13)15-5-7-16(8-6-15)17(20)9-10-18(21)22/h1-8H,9-12,19H2,(H,21,22). The highest BCUT2D eigenvalue weighted by Crippen LogP contribution is 2.21. The Bertz CT molecular complexity index is 645. The van der Waals surface area contributed by atoms with Crippen LogP contribution in [0.15, 0.2) is 48.5 Å². The third kappa shape index (κ3) is 4.27. The van der Waals surface area contributed by atoms with E-state index in [1.165, 1.54) is 5.56 Å². The van der Waals surface area contributed by atoms with Gasteiger partial charge in [0.15, 0.2) is 5.78 Å². The molecule has 0 saturated carbocycles. The highest BCUT2D eigenvalue weighted by molar-refractivity contribution is 5.97. The molecule has 22 heavy (non-hydrogen) atoms. The number of carboxylic acid groups (broad SMARTS) is 1. The average molecular weight is 297 g/mol. The van der Waals surface area contributed by atoms with Crippen LogP contribution in [-0.2, 0) is 11.2 Å². The molecule has 2 aromatic carbocycles. The first-order chi connectivity index (χ1) is 10.6. The highest BCUT2D eigenvalue weighted by Gasteiger charge is 2.08. The molecule has 2 rings (SSSR count). The summed E-state index contributed by atoms with van der Waals surface area (Å²) >= 11 is 0. The minimum Gasteiger partial charge on any atom is -0.481 e. The van der Waals surface area contributed by atoms with Gasteiger partial charge in [-0.3, -0.25) is 9.59 Å². The molecule has 4 nitrogen and oxygen atoms in total. The van der Waals surface area contributed by atoms with Crippen molar-refractivity contribution < 1.29 is 14.7 Å². The van der Waals surface area contributed by atoms with E-state index in [2.05, 4.69) is 0 Å². The van der Waals surface area contributed by atoms with Crippen molar-refractivity contribution in [1.82, 2.24) is 0 Å². The third-order valence-electron chi connectivity index (χ3n) is 3.49. The molecule has 0 bridgehead atoms. The molecular weight excluding hydrogens is 278 g/mol. The summed E-state index contributed by atoms with van der Waals surface area (Å²) in [6, 6.07) is 15.4. The number of benzene rings is 2. The summed E-state index contributed by atoms with van der Waals surface area (Å²) in [7, 11) is 0. The lowest BCUT2D eigenvalue weighted by Crippen LogP contribution is -2.03. The monoisotopic (exact) mass is 297 g/mol. The van der Waals surface area contributed by atoms with Crippen molar-refractivity contribution in [3.05, 3.63) is 59.7 Å². The van der Waals surface area contributed by atoms with E-state index in [9.17, 15) is 9.59 Å². The second kappa shape index (κ2) is 7.52. The topological polar surface area (TPSA) is 80.4 Å². The molecule has 0 aliphatic carbocycles. The zero-order chi connectivity index (χ0) is 15.9. The second-order valence-corrected chi connectivity index (χ2v) is 5.13. The van der Waals surface area contributed by atoms with Crippen LogP contribution in [0.2, 0.25) is 0 Å². The van der Waals surface area contributed by atoms with Crippen LogP contribution < -0.4 is 5.73 Å². The first-order valence-corrected chi connectivity index (χ1v) is 7.24. The van der Waals surface area contributed by atoms with E-state index in [-0.39, 0.29) is 18.6 Å². The zero-order valence-corrected chi connectivity index (χ0v) is 12.3. The second-order valence-electron chi connectivity index (χ2n) is 5.13. The van der Waals surface area contributed by atoms with Crippen LogP contribution in [0.4, 0.5) is 0 Å². The SMILES string of the molecule is NCCc1ccc(-c2ccc(C(=O)CCC(=O)O)cc2)cc1. The summed E-state index contributed by atoms with van der Waals surface area (Å²) in [4.78, 5) is 22.3. The van der Waals surface area contributed by atoms with Crippen molar-refractivity contribution in [2.45, 2.75) is 19.3 Å². The Morgan fingerprint density at radius 3 is 1.91 bits per heavy atom. The van der Waals surface area contributed by atoms with E-state index in [4.69, 9.17) is 10.8 Å². The molecule has 2 aromatic rings. The van der Waals surface area contributed by atoms with Gasteiger partial charge >= 0.3 is 5.97 Å². The van der Waals surface area contributed by atoms with Crippen LogP contribution >= 0.6 is 0 Å². The number of carboxylic acids is 1. The fourth-order valence-corrected chi connectivity index (χ4v) is 2.24. The van der Waals surface area contributed by atoms with Crippen LogP contribution in [0.3, 0.4) is 0 Å². The molecule has 0 saturated heterocycles. The molecular formula is C18H19NO3. The molecule has 0 fully saturated rings. The number of rotatable bonds is 7. The maximum atomic E-state index is 11.8. The van der Waals surface area contributed by atoms with E-state index in [1.54, 1.807) is 12.1 Å². The molecule has 0 aliphatic rings. The summed E-state index contributed by atoms with van der Waals surface area (Å²) in [5.41, 5.74) is 9.37. The number of aliphatic carboxylic acids is 1. The van der Waals surface area contributed by atoms with Crippen LogP contribution in [0.5, 0.6) is 0 Å². The number of carbonyl (C=O) groups excluding carboxylic acids is 1. The summed E-state index contributed by atoms with van der Waals surface area (Å²) in [6.07, 6.45) is 0.753. The van der Waals surface area contributed by atoms with Gasteiger partial charge in [0.25, 0.3) is 0 Å². The van der Waals surface area contributed by atoms with Crippen molar-refractivity contribution in [3.8, 4) is 11.1 Å². The van der Waals surface area contributed by atoms with E-state index in [1.807, 2.05) is 36.4 Å². The van der Waals surface area contributed by atoms with Gasteiger partial charge in [0.2, 0.25) is 0 Å². The molecule has 3 N–H and O–H groups in total. The summed E-state index contributed by atoms with van der Waals surface area (Å²) in [6.45, 7) is 0.631. The largest absolute Gasteiger partial charge is 0.481 e. The molecule has 0 atom stereocenters. The molecule has 0 aromatic heterocycles. The average Bonchev–Trinajstić information content (AvgIpc) is 2.54. The van der Waals surface area contributed by atoms with E-state index < -0.39 is 5.97 Å². The number of nitrogens with two attached hydrogens (primary N) is 1. The molecule has 4 heteroatoms. The summed E-state index contributed by atoms with van der Waals surface area (Å²) < 4.78 is 0. The lowest BCUT2D eigenvalue weighted by Gasteiger charge is -2.05. The summed E-state index contributed by atoms with van der Waals surface area (Å²) in [5.74, 6) is -1.10. The van der Waals surface area contributed by atoms with Crippen molar-refractivity contribution in [2.24, 2.45) is 5.73 Å². The van der Waals surface area contributed by atoms with Gasteiger partial charge in [0, 0.05) is 12.0 Å². The van der Waals surface area contributed by atoms with Crippen LogP contribution in [0.25, 0.3) is 11.1 Å². The van der Waals surface area contributed by atoms with Crippen LogP contribution in [-0.4, -0.2) is 23.4 Å². The van der Waals surface area contributed by atoms with E-state index >= 15 is 0 Å². The minimum absolute atomic E-state index is 0.0302. The van der Waals surface area contributed by atoms with Crippen molar-refractivity contribution in [2.75, 3.05) is 6.54 Å². The van der Waals surface area contributed by atoms with Crippen molar-refractivity contribution >= 4 is 11.8 Å². The first kappa shape index (κ1) is 15.9. The molecule has 114 valence electrons. The Balaban J connectivity index is 2.07. The highest BCUT2D eigenvalue weighted by atomic mass is 16.4. The Labute approximate surface area is 129 Å². The molecule has 0 unspecified atom stereocenters. The minimum atomic E-state index is -0.956. The van der Waals surface area contributed by atoms with E-state index in [0.29, 0.717) is 12.1 Å². The Hall–Kier alpha value is -2.46. The van der Waals surface area contributed by atoms with Gasteiger partial charge in [-0.15, -0.1) is 0 Å². The number of hydrogen-bond donors (Lipinski definition) is 2. The van der Waals surface area contributed by atoms with Gasteiger partial charge in [0.1, 0.15) is 0 Å². The van der Waals surface area contributed by atoms with Crippen LogP contribution in [0.1, 0.15) is 28.8 Å². The summed E-state index contributed by atoms with van der Waals surface area (Å²) in [5, 5.41) is 8.60. The lowest BCUT2D eigenvalue weighted by atomic mass is 9.99. The Morgan fingerprint density at radius 2 is 1.41 bits per heavy atom. The first-order valence-electron chi connectivity index (χ1n) is 7.24. The third-order valence-corrected chi connectivity index (χ3v) is 3.49. The van der Waals surface area contributed by atoms with Gasteiger partial charge in [-0.2, -0.15) is 0 Å². The fraction of sp³-hybridized carbons (Fsp3) is 0.222. The lowest BCUT2D eigenvalue weighted by molar-refractivity contribution is -0.136. The predicted octanol–water partition coefficient (Wildman–Crippen LogP) is 2.90. The smallest absolute Gasteiger partial charge is 0.303 e. The fourth-order valence-electron chi connectivity index (χ4n) is 2.24. The number of Topliss-reactive ketones (excluding diaryl/α,β-unsaturated/α-hetero) is 1. The zero-order valence-electron chi connectivity index (χ0n) is 12.3. The molecule has 0 spiro atoms. The van der Waals surface area contributed by atoms with Crippen molar-refractivity contribution in [3.63, 3.8) is 0 Å². The molecule has 0 radical (unpaired) electrons. The maximum absolute atomic E-state index is 11.8. The number of carbonyl (C=O) groups is 2. The van der Waals surface area contributed by atoms with Gasteiger partial charge in [-0.05, 0) is 29.7 Å². The quantitative estimate of drug-likeness (QED) is 0.770. The van der Waals surface area contributed by atoms with Crippen LogP contribution in [0, 0.1) is 0 Å². The Morgan fingerprint density at radius 1 is 0.864 bits per heavy atom. The van der Waals surface area contributed by atoms with Gasteiger partial charge in [0.05, 0.1) is 6.42 Å². The molecule has 0 amide bonds. The maximum Gasteiger partial charge on any atom is 0.303 e. The van der Waals surface area contributed by atoms with Gasteiger partial charge in [-0.25, -0.2) is 0 Å². The number of hydrogen-bond acceptors (Lipinski definition) is 3.